The van der Waals surface area contributed by atoms with Gasteiger partial charge in [0.1, 0.15) is 0 Å². The number of amidine groups is 1. The molecule has 0 saturated heterocycles. The molecule has 0 saturated carbocycles. The minimum Gasteiger partial charge on any atom is -0.312 e. The number of hydrogen-bond donors (Lipinski definition) is 0. The number of nitrogens with zero attached hydrogens (tertiary/aromatic N) is 2. The van der Waals surface area contributed by atoms with Crippen molar-refractivity contribution in [2.24, 2.45) is 4.99 Å². The van der Waals surface area contributed by atoms with Gasteiger partial charge in [-0.25, -0.2) is 0 Å². The summed E-state index contributed by atoms with van der Waals surface area (Å²) in [6.07, 6.45) is 1.08. The van der Waals surface area contributed by atoms with Crippen LogP contribution in [0.1, 0.15) is 23.6 Å². The van der Waals surface area contributed by atoms with Gasteiger partial charge in [0.2, 0.25) is 0 Å². The number of fused-ring (bicyclic) bond motifs is 3. The standard InChI is InChI=1S/C17H16N2S/c1-12-6-8-13(9-7-12)14-10-11-18-17-19(14)15-4-2-3-5-16(15)20-17/h2-9,14H,10-11H2,1H3/t14-/m0/s1. The van der Waals surface area contributed by atoms with Gasteiger partial charge >= 0.3 is 0 Å². The lowest BCUT2D eigenvalue weighted by atomic mass is 9.99. The Labute approximate surface area is 123 Å². The highest BCUT2D eigenvalue weighted by Gasteiger charge is 2.34. The highest BCUT2D eigenvalue weighted by molar-refractivity contribution is 8.14. The van der Waals surface area contributed by atoms with Crippen molar-refractivity contribution in [3.63, 3.8) is 0 Å². The summed E-state index contributed by atoms with van der Waals surface area (Å²) in [5, 5.41) is 1.16. The van der Waals surface area contributed by atoms with E-state index in [9.17, 15) is 0 Å². The normalized spacial score (nSPS) is 20.4. The van der Waals surface area contributed by atoms with Crippen molar-refractivity contribution in [3.05, 3.63) is 59.7 Å². The monoisotopic (exact) mass is 280 g/mol. The fraction of sp³-hybridized carbons (Fsp3) is 0.235. The van der Waals surface area contributed by atoms with E-state index in [1.807, 2.05) is 0 Å². The molecule has 0 fully saturated rings. The van der Waals surface area contributed by atoms with E-state index in [1.54, 1.807) is 11.8 Å². The average Bonchev–Trinajstić information content (AvgIpc) is 2.86. The fourth-order valence-corrected chi connectivity index (χ4v) is 4.01. The summed E-state index contributed by atoms with van der Waals surface area (Å²) >= 11 is 1.80. The number of aryl methyl sites for hydroxylation is 1. The summed E-state index contributed by atoms with van der Waals surface area (Å²) in [6, 6.07) is 18.0. The van der Waals surface area contributed by atoms with E-state index in [0.29, 0.717) is 6.04 Å². The quantitative estimate of drug-likeness (QED) is 0.769. The van der Waals surface area contributed by atoms with Gasteiger partial charge in [0.25, 0.3) is 0 Å². The number of anilines is 1. The van der Waals surface area contributed by atoms with Gasteiger partial charge in [-0.3, -0.25) is 4.99 Å². The molecule has 3 heteroatoms. The second-order valence-corrected chi connectivity index (χ2v) is 6.33. The van der Waals surface area contributed by atoms with Crippen LogP contribution >= 0.6 is 11.8 Å². The third-order valence-electron chi connectivity index (χ3n) is 3.96. The van der Waals surface area contributed by atoms with Gasteiger partial charge in [-0.1, -0.05) is 42.0 Å². The van der Waals surface area contributed by atoms with E-state index in [2.05, 4.69) is 60.4 Å². The first kappa shape index (κ1) is 12.0. The molecule has 2 nitrogen and oxygen atoms in total. The molecule has 0 radical (unpaired) electrons. The minimum atomic E-state index is 0.416. The van der Waals surface area contributed by atoms with Gasteiger partial charge < -0.3 is 4.90 Å². The van der Waals surface area contributed by atoms with Crippen LogP contribution < -0.4 is 4.90 Å². The van der Waals surface area contributed by atoms with Crippen LogP contribution in [0, 0.1) is 6.92 Å². The van der Waals surface area contributed by atoms with Crippen molar-refractivity contribution in [2.45, 2.75) is 24.3 Å². The smallest absolute Gasteiger partial charge is 0.169 e. The molecule has 2 aliphatic rings. The average molecular weight is 280 g/mol. The number of hydrogen-bond acceptors (Lipinski definition) is 3. The van der Waals surface area contributed by atoms with E-state index in [0.717, 1.165) is 18.1 Å². The lowest BCUT2D eigenvalue weighted by Crippen LogP contribution is -2.34. The molecule has 0 bridgehead atoms. The molecule has 2 heterocycles. The van der Waals surface area contributed by atoms with Gasteiger partial charge in [-0.15, -0.1) is 0 Å². The third-order valence-corrected chi connectivity index (χ3v) is 5.03. The lowest BCUT2D eigenvalue weighted by molar-refractivity contribution is 0.631. The molecule has 0 aromatic heterocycles. The Balaban J connectivity index is 1.79. The predicted molar refractivity (Wildman–Crippen MR) is 85.6 cm³/mol. The van der Waals surface area contributed by atoms with Gasteiger partial charge in [0.05, 0.1) is 11.7 Å². The van der Waals surface area contributed by atoms with Crippen LogP contribution in [0.15, 0.2) is 58.4 Å². The van der Waals surface area contributed by atoms with E-state index < -0.39 is 0 Å². The summed E-state index contributed by atoms with van der Waals surface area (Å²) in [4.78, 5) is 8.44. The van der Waals surface area contributed by atoms with Gasteiger partial charge in [0.15, 0.2) is 5.17 Å². The highest BCUT2D eigenvalue weighted by atomic mass is 32.2. The van der Waals surface area contributed by atoms with Crippen LogP contribution in [0.4, 0.5) is 5.69 Å². The molecule has 0 unspecified atom stereocenters. The Kier molecular flexibility index (Phi) is 2.81. The largest absolute Gasteiger partial charge is 0.312 e. The Morgan fingerprint density at radius 3 is 2.75 bits per heavy atom. The Morgan fingerprint density at radius 1 is 1.10 bits per heavy atom. The molecular formula is C17H16N2S. The van der Waals surface area contributed by atoms with Crippen LogP contribution in [0.25, 0.3) is 0 Å². The topological polar surface area (TPSA) is 15.6 Å². The van der Waals surface area contributed by atoms with Crippen LogP contribution in [-0.4, -0.2) is 11.7 Å². The molecular weight excluding hydrogens is 264 g/mol. The van der Waals surface area contributed by atoms with Gasteiger partial charge in [0, 0.05) is 11.4 Å². The van der Waals surface area contributed by atoms with Crippen molar-refractivity contribution in [3.8, 4) is 0 Å². The van der Waals surface area contributed by atoms with Crippen molar-refractivity contribution < 1.29 is 0 Å². The molecule has 2 aromatic carbocycles. The second-order valence-electron chi connectivity index (χ2n) is 5.32. The number of aliphatic imine (C=N–C) groups is 1. The summed E-state index contributed by atoms with van der Waals surface area (Å²) in [7, 11) is 0. The summed E-state index contributed by atoms with van der Waals surface area (Å²) in [5.41, 5.74) is 4.01. The predicted octanol–water partition coefficient (Wildman–Crippen LogP) is 4.41. The number of benzene rings is 2. The van der Waals surface area contributed by atoms with Crippen LogP contribution in [0.3, 0.4) is 0 Å². The van der Waals surface area contributed by atoms with Crippen LogP contribution in [0.2, 0.25) is 0 Å². The zero-order chi connectivity index (χ0) is 13.5. The minimum absolute atomic E-state index is 0.416. The van der Waals surface area contributed by atoms with Crippen molar-refractivity contribution in [1.29, 1.82) is 0 Å². The molecule has 2 aliphatic heterocycles. The number of para-hydroxylation sites is 1. The third kappa shape index (κ3) is 1.85. The zero-order valence-corrected chi connectivity index (χ0v) is 12.2. The maximum atomic E-state index is 4.71. The maximum Gasteiger partial charge on any atom is 0.169 e. The molecule has 2 aromatic rings. The van der Waals surface area contributed by atoms with Gasteiger partial charge in [-0.2, -0.15) is 0 Å². The first-order valence-corrected chi connectivity index (χ1v) is 7.82. The summed E-state index contributed by atoms with van der Waals surface area (Å²) in [6.45, 7) is 3.06. The van der Waals surface area contributed by atoms with E-state index in [4.69, 9.17) is 4.99 Å². The van der Waals surface area contributed by atoms with E-state index in [1.165, 1.54) is 21.7 Å². The Hall–Kier alpha value is -1.74. The van der Waals surface area contributed by atoms with Gasteiger partial charge in [-0.05, 0) is 42.8 Å². The van der Waals surface area contributed by atoms with Crippen LogP contribution in [0.5, 0.6) is 0 Å². The van der Waals surface area contributed by atoms with E-state index in [-0.39, 0.29) is 0 Å². The molecule has 100 valence electrons. The molecule has 0 aliphatic carbocycles. The second kappa shape index (κ2) is 4.67. The first-order chi connectivity index (χ1) is 9.83. The molecule has 4 rings (SSSR count). The van der Waals surface area contributed by atoms with Crippen molar-refractivity contribution >= 4 is 22.6 Å². The lowest BCUT2D eigenvalue weighted by Gasteiger charge is -2.33. The Bertz CT molecular complexity index is 676. The molecule has 0 spiro atoms. The molecule has 0 N–H and O–H groups in total. The SMILES string of the molecule is Cc1ccc([C@@H]2CCN=C3Sc4ccccc4N32)cc1. The fourth-order valence-electron chi connectivity index (χ4n) is 2.92. The highest BCUT2D eigenvalue weighted by Crippen LogP contribution is 2.46. The van der Waals surface area contributed by atoms with E-state index >= 15 is 0 Å². The number of rotatable bonds is 1. The number of thioether (sulfide) groups is 1. The Morgan fingerprint density at radius 2 is 1.90 bits per heavy atom. The first-order valence-electron chi connectivity index (χ1n) is 7.00. The maximum absolute atomic E-state index is 4.71. The molecule has 20 heavy (non-hydrogen) atoms. The van der Waals surface area contributed by atoms with Crippen LogP contribution in [-0.2, 0) is 0 Å². The molecule has 0 amide bonds. The van der Waals surface area contributed by atoms with Crippen molar-refractivity contribution in [1.82, 2.24) is 0 Å². The summed E-state index contributed by atoms with van der Waals surface area (Å²) in [5.74, 6) is 0. The van der Waals surface area contributed by atoms with Crippen molar-refractivity contribution in [2.75, 3.05) is 11.4 Å². The summed E-state index contributed by atoms with van der Waals surface area (Å²) < 4.78 is 0. The zero-order valence-electron chi connectivity index (χ0n) is 11.4. The molecule has 1 atom stereocenters.